The second-order valence-corrected chi connectivity index (χ2v) is 4.11. The van der Waals surface area contributed by atoms with E-state index in [0.29, 0.717) is 5.56 Å². The molecule has 1 aromatic rings. The van der Waals surface area contributed by atoms with E-state index in [1.807, 2.05) is 0 Å². The first-order chi connectivity index (χ1) is 8.59. The minimum absolute atomic E-state index is 0.669. The Balaban J connectivity index is 2.57. The molecule has 1 atom stereocenters. The van der Waals surface area contributed by atoms with E-state index in [4.69, 9.17) is 0 Å². The molecule has 2 rings (SSSR count). The van der Waals surface area contributed by atoms with Gasteiger partial charge in [0.25, 0.3) is 0 Å². The molecule has 0 saturated heterocycles. The van der Waals surface area contributed by atoms with E-state index in [9.17, 15) is 19.8 Å². The Morgan fingerprint density at radius 1 is 1.00 bits per heavy atom. The summed E-state index contributed by atoms with van der Waals surface area (Å²) in [5.74, 6) is -3.42. The van der Waals surface area contributed by atoms with Crippen molar-refractivity contribution in [3.8, 4) is 0 Å². The third kappa shape index (κ3) is 1.72. The summed E-state index contributed by atoms with van der Waals surface area (Å²) in [7, 11) is 0. The summed E-state index contributed by atoms with van der Waals surface area (Å²) in [6, 6.07) is 8.78. The van der Waals surface area contributed by atoms with Gasteiger partial charge < -0.3 is 10.2 Å². The summed E-state index contributed by atoms with van der Waals surface area (Å²) in [5, 5.41) is 18.6. The Kier molecular flexibility index (Phi) is 3.02. The van der Waals surface area contributed by atoms with Gasteiger partial charge in [-0.15, -0.1) is 0 Å². The van der Waals surface area contributed by atoms with E-state index in [1.165, 1.54) is 12.2 Å². The maximum atomic E-state index is 11.4. The van der Waals surface area contributed by atoms with Gasteiger partial charge in [0.1, 0.15) is 0 Å². The molecule has 92 valence electrons. The first-order valence-corrected chi connectivity index (χ1v) is 5.47. The molecule has 0 spiro atoms. The molecule has 0 bridgehead atoms. The minimum atomic E-state index is -1.93. The molecule has 1 aromatic carbocycles. The smallest absolute Gasteiger partial charge is 0.325 e. The number of benzene rings is 1. The number of carboxylic acids is 2. The maximum absolute atomic E-state index is 11.4. The van der Waals surface area contributed by atoms with Gasteiger partial charge in [-0.05, 0) is 5.56 Å². The quantitative estimate of drug-likeness (QED) is 0.798. The SMILES string of the molecule is O=C(O)C1(C(=O)O)C=CC=CC1c1ccccc1. The standard InChI is InChI=1S/C14H12O4/c15-12(16)14(13(17)18)9-5-4-8-11(14)10-6-2-1-3-7-10/h1-9,11H,(H,15,16)(H,17,18). The van der Waals surface area contributed by atoms with E-state index in [2.05, 4.69) is 0 Å². The molecule has 0 aromatic heterocycles. The average Bonchev–Trinajstić information content (AvgIpc) is 2.39. The van der Waals surface area contributed by atoms with Crippen molar-refractivity contribution in [2.75, 3.05) is 0 Å². The van der Waals surface area contributed by atoms with Gasteiger partial charge >= 0.3 is 11.9 Å². The van der Waals surface area contributed by atoms with Crippen LogP contribution in [-0.4, -0.2) is 22.2 Å². The molecule has 1 aliphatic carbocycles. The first-order valence-electron chi connectivity index (χ1n) is 5.47. The highest BCUT2D eigenvalue weighted by Gasteiger charge is 2.51. The fourth-order valence-electron chi connectivity index (χ4n) is 2.17. The molecule has 0 fully saturated rings. The van der Waals surface area contributed by atoms with Gasteiger partial charge in [0.2, 0.25) is 0 Å². The number of aliphatic carboxylic acids is 2. The van der Waals surface area contributed by atoms with Crippen LogP contribution in [0, 0.1) is 5.41 Å². The summed E-state index contributed by atoms with van der Waals surface area (Å²) >= 11 is 0. The predicted molar refractivity (Wildman–Crippen MR) is 65.2 cm³/mol. The zero-order valence-electron chi connectivity index (χ0n) is 9.48. The van der Waals surface area contributed by atoms with Crippen molar-refractivity contribution in [1.29, 1.82) is 0 Å². The van der Waals surface area contributed by atoms with E-state index >= 15 is 0 Å². The van der Waals surface area contributed by atoms with Crippen molar-refractivity contribution < 1.29 is 19.8 Å². The largest absolute Gasteiger partial charge is 0.480 e. The minimum Gasteiger partial charge on any atom is -0.480 e. The lowest BCUT2D eigenvalue weighted by atomic mass is 9.69. The number of rotatable bonds is 3. The second-order valence-electron chi connectivity index (χ2n) is 4.11. The van der Waals surface area contributed by atoms with Crippen molar-refractivity contribution in [3.63, 3.8) is 0 Å². The van der Waals surface area contributed by atoms with Crippen molar-refractivity contribution in [1.82, 2.24) is 0 Å². The van der Waals surface area contributed by atoms with Crippen LogP contribution in [0.15, 0.2) is 54.6 Å². The average molecular weight is 244 g/mol. The van der Waals surface area contributed by atoms with E-state index in [0.717, 1.165) is 0 Å². The van der Waals surface area contributed by atoms with Crippen LogP contribution in [0.25, 0.3) is 0 Å². The first kappa shape index (κ1) is 12.1. The van der Waals surface area contributed by atoms with Gasteiger partial charge in [-0.25, -0.2) is 0 Å². The van der Waals surface area contributed by atoms with E-state index in [1.54, 1.807) is 42.5 Å². The highest BCUT2D eigenvalue weighted by atomic mass is 16.4. The highest BCUT2D eigenvalue weighted by Crippen LogP contribution is 2.41. The van der Waals surface area contributed by atoms with Gasteiger partial charge in [0.05, 0.1) is 0 Å². The Labute approximate surface area is 104 Å². The van der Waals surface area contributed by atoms with Crippen LogP contribution in [-0.2, 0) is 9.59 Å². The normalized spacial score (nSPS) is 20.6. The van der Waals surface area contributed by atoms with Gasteiger partial charge in [0, 0.05) is 5.92 Å². The number of carboxylic acid groups (broad SMARTS) is 2. The van der Waals surface area contributed by atoms with E-state index in [-0.39, 0.29) is 0 Å². The Morgan fingerprint density at radius 3 is 2.17 bits per heavy atom. The molecule has 4 nitrogen and oxygen atoms in total. The number of allylic oxidation sites excluding steroid dienone is 3. The summed E-state index contributed by atoms with van der Waals surface area (Å²) in [6.07, 6.45) is 5.97. The number of carbonyl (C=O) groups is 2. The van der Waals surface area contributed by atoms with Crippen molar-refractivity contribution in [3.05, 3.63) is 60.2 Å². The fraction of sp³-hybridized carbons (Fsp3) is 0.143. The Hall–Kier alpha value is -2.36. The second kappa shape index (κ2) is 4.49. The molecular weight excluding hydrogens is 232 g/mol. The zero-order chi connectivity index (χ0) is 13.2. The molecule has 0 radical (unpaired) electrons. The Morgan fingerprint density at radius 2 is 1.61 bits per heavy atom. The topological polar surface area (TPSA) is 74.6 Å². The maximum Gasteiger partial charge on any atom is 0.325 e. The van der Waals surface area contributed by atoms with Crippen LogP contribution in [0.2, 0.25) is 0 Å². The lowest BCUT2D eigenvalue weighted by molar-refractivity contribution is -0.161. The third-order valence-electron chi connectivity index (χ3n) is 3.13. The van der Waals surface area contributed by atoms with Crippen LogP contribution < -0.4 is 0 Å². The summed E-state index contributed by atoms with van der Waals surface area (Å²) in [5.41, 5.74) is -1.27. The summed E-state index contributed by atoms with van der Waals surface area (Å²) < 4.78 is 0. The highest BCUT2D eigenvalue weighted by molar-refractivity contribution is 6.02. The fourth-order valence-corrected chi connectivity index (χ4v) is 2.17. The molecule has 0 amide bonds. The molecule has 1 aliphatic rings. The molecule has 0 saturated carbocycles. The molecule has 2 N–H and O–H groups in total. The van der Waals surface area contributed by atoms with Crippen molar-refractivity contribution >= 4 is 11.9 Å². The Bertz CT molecular complexity index is 514. The van der Waals surface area contributed by atoms with Gasteiger partial charge in [-0.3, -0.25) is 9.59 Å². The van der Waals surface area contributed by atoms with Crippen LogP contribution in [0.3, 0.4) is 0 Å². The van der Waals surface area contributed by atoms with Crippen molar-refractivity contribution in [2.45, 2.75) is 5.92 Å². The molecule has 4 heteroatoms. The molecular formula is C14H12O4. The molecule has 18 heavy (non-hydrogen) atoms. The monoisotopic (exact) mass is 244 g/mol. The van der Waals surface area contributed by atoms with Crippen LogP contribution in [0.1, 0.15) is 11.5 Å². The summed E-state index contributed by atoms with van der Waals surface area (Å²) in [4.78, 5) is 22.9. The molecule has 0 heterocycles. The summed E-state index contributed by atoms with van der Waals surface area (Å²) in [6.45, 7) is 0. The van der Waals surface area contributed by atoms with Gasteiger partial charge in [-0.2, -0.15) is 0 Å². The molecule has 0 aliphatic heterocycles. The lowest BCUT2D eigenvalue weighted by Crippen LogP contribution is -2.43. The van der Waals surface area contributed by atoms with Gasteiger partial charge in [-0.1, -0.05) is 54.6 Å². The van der Waals surface area contributed by atoms with Crippen LogP contribution in [0.5, 0.6) is 0 Å². The zero-order valence-corrected chi connectivity index (χ0v) is 9.48. The van der Waals surface area contributed by atoms with Crippen molar-refractivity contribution in [2.24, 2.45) is 5.41 Å². The van der Waals surface area contributed by atoms with E-state index < -0.39 is 23.3 Å². The number of hydrogen-bond donors (Lipinski definition) is 2. The third-order valence-corrected chi connectivity index (χ3v) is 3.13. The number of hydrogen-bond acceptors (Lipinski definition) is 2. The lowest BCUT2D eigenvalue weighted by Gasteiger charge is -2.31. The van der Waals surface area contributed by atoms with Crippen LogP contribution >= 0.6 is 0 Å². The predicted octanol–water partition coefficient (Wildman–Crippen LogP) is 2.05. The molecule has 1 unspecified atom stereocenters. The van der Waals surface area contributed by atoms with Crippen LogP contribution in [0.4, 0.5) is 0 Å². The van der Waals surface area contributed by atoms with Gasteiger partial charge in [0.15, 0.2) is 5.41 Å².